The summed E-state index contributed by atoms with van der Waals surface area (Å²) in [6.45, 7) is 0. The van der Waals surface area contributed by atoms with Gasteiger partial charge in [0.15, 0.2) is 5.75 Å². The summed E-state index contributed by atoms with van der Waals surface area (Å²) in [5.74, 6) is 0.492. The third-order valence-corrected chi connectivity index (χ3v) is 5.20. The quantitative estimate of drug-likeness (QED) is 0.358. The predicted octanol–water partition coefficient (Wildman–Crippen LogP) is 1.97. The molecule has 0 unspecified atom stereocenters. The van der Waals surface area contributed by atoms with Crippen molar-refractivity contribution in [2.75, 3.05) is 0 Å². The number of nitriles is 1. The second kappa shape index (κ2) is 9.70. The first-order chi connectivity index (χ1) is 14.4. The number of nitrogens with one attached hydrogen (secondary N) is 2. The smallest absolute Gasteiger partial charge is 0.349 e. The number of fused-ring (bicyclic) bond motifs is 1. The van der Waals surface area contributed by atoms with Crippen LogP contribution in [0.1, 0.15) is 5.69 Å². The van der Waals surface area contributed by atoms with Gasteiger partial charge in [-0.15, -0.1) is 10.2 Å². The summed E-state index contributed by atoms with van der Waals surface area (Å²) in [5, 5.41) is 20.0. The molecule has 0 aliphatic rings. The Hall–Kier alpha value is -1.92. The topological polar surface area (TPSA) is 147 Å². The Morgan fingerprint density at radius 1 is 1.03 bits per heavy atom. The molecule has 2 N–H and O–H groups in total. The van der Waals surface area contributed by atoms with Gasteiger partial charge in [0.05, 0.1) is 25.4 Å². The van der Waals surface area contributed by atoms with Crippen molar-refractivity contribution < 1.29 is 4.74 Å². The zero-order valence-corrected chi connectivity index (χ0v) is 21.9. The van der Waals surface area contributed by atoms with Crippen LogP contribution in [0.2, 0.25) is 0 Å². The van der Waals surface area contributed by atoms with Crippen LogP contribution in [0, 0.1) is 11.3 Å². The number of ether oxygens (including phenoxy) is 1. The molecule has 2 aromatic carbocycles. The number of hydrogen-bond acceptors (Lipinski definition) is 7. The number of hydrogen-bond donors (Lipinski definition) is 2. The van der Waals surface area contributed by atoms with Gasteiger partial charge in [0, 0.05) is 51.4 Å². The van der Waals surface area contributed by atoms with Gasteiger partial charge in [0.1, 0.15) is 6.07 Å². The van der Waals surface area contributed by atoms with Crippen LogP contribution in [0.4, 0.5) is 0 Å². The minimum atomic E-state index is -0.868. The zero-order chi connectivity index (χ0) is 21.4. The number of benzene rings is 2. The van der Waals surface area contributed by atoms with Gasteiger partial charge >= 0.3 is 5.69 Å². The number of aromatic nitrogens is 5. The normalized spacial score (nSPS) is 10.4. The Morgan fingerprint density at radius 2 is 1.68 bits per heavy atom. The van der Waals surface area contributed by atoms with Crippen LogP contribution in [-0.4, -0.2) is 76.3 Å². The molecule has 10 nitrogen and oxygen atoms in total. The SMILES string of the molecule is N#Cc1nn(-c2cc(Br)c(Oc3n[nH]c(=O)c4ccccc34)c(Br)c2)c(=O)[nH]c1=O.[K]. The van der Waals surface area contributed by atoms with Gasteiger partial charge in [-0.3, -0.25) is 14.6 Å². The molecule has 4 aromatic rings. The van der Waals surface area contributed by atoms with Crippen LogP contribution in [0.3, 0.4) is 0 Å². The van der Waals surface area contributed by atoms with Crippen LogP contribution in [0.5, 0.6) is 11.6 Å². The van der Waals surface area contributed by atoms with Gasteiger partial charge in [-0.1, -0.05) is 12.1 Å². The molecule has 2 aromatic heterocycles. The van der Waals surface area contributed by atoms with Gasteiger partial charge in [0.2, 0.25) is 11.6 Å². The van der Waals surface area contributed by atoms with Gasteiger partial charge in [0.25, 0.3) is 11.1 Å². The summed E-state index contributed by atoms with van der Waals surface area (Å²) in [4.78, 5) is 37.7. The standard InChI is InChI=1S/C18H8Br2N6O4.K/c19-11-5-8(26-18(29)22-16(28)13(7-21)25-26)6-12(20)14(11)30-17-10-4-2-1-3-9(10)15(27)23-24-17;/h1-6H,(H,23,27)(H,22,28,29);. The molecule has 0 fully saturated rings. The minimum Gasteiger partial charge on any atom is -0.435 e. The molecule has 0 atom stereocenters. The Morgan fingerprint density at radius 3 is 2.32 bits per heavy atom. The van der Waals surface area contributed by atoms with Crippen LogP contribution >= 0.6 is 31.9 Å². The molecule has 0 aliphatic carbocycles. The molecule has 0 saturated carbocycles. The van der Waals surface area contributed by atoms with Crippen molar-refractivity contribution in [2.24, 2.45) is 0 Å². The monoisotopic (exact) mass is 569 g/mol. The van der Waals surface area contributed by atoms with Crippen molar-refractivity contribution in [3.63, 3.8) is 0 Å². The van der Waals surface area contributed by atoms with Crippen LogP contribution in [-0.2, 0) is 0 Å². The maximum Gasteiger partial charge on any atom is 0.349 e. The van der Waals surface area contributed by atoms with Crippen molar-refractivity contribution in [1.29, 1.82) is 5.26 Å². The molecule has 1 radical (unpaired) electrons. The van der Waals surface area contributed by atoms with E-state index in [2.05, 4.69) is 47.2 Å². The van der Waals surface area contributed by atoms with E-state index in [9.17, 15) is 14.4 Å². The Balaban J connectivity index is 0.00000272. The predicted molar refractivity (Wildman–Crippen MR) is 119 cm³/mol. The molecule has 4 rings (SSSR count). The third-order valence-electron chi connectivity index (χ3n) is 4.02. The average Bonchev–Trinajstić information content (AvgIpc) is 2.72. The van der Waals surface area contributed by atoms with E-state index < -0.39 is 16.9 Å². The molecular weight excluding hydrogens is 563 g/mol. The number of rotatable bonds is 3. The second-order valence-corrected chi connectivity index (χ2v) is 7.58. The molecule has 149 valence electrons. The molecule has 0 spiro atoms. The maximum absolute atomic E-state index is 12.1. The fourth-order valence-electron chi connectivity index (χ4n) is 2.68. The van der Waals surface area contributed by atoms with E-state index in [1.165, 1.54) is 12.1 Å². The molecule has 2 heterocycles. The Labute approximate surface area is 231 Å². The van der Waals surface area contributed by atoms with E-state index >= 15 is 0 Å². The van der Waals surface area contributed by atoms with E-state index in [1.807, 2.05) is 4.98 Å². The third kappa shape index (κ3) is 4.65. The van der Waals surface area contributed by atoms with E-state index in [0.717, 1.165) is 4.68 Å². The van der Waals surface area contributed by atoms with E-state index in [-0.39, 0.29) is 68.5 Å². The first-order valence-electron chi connectivity index (χ1n) is 8.17. The Bertz CT molecular complexity index is 1520. The molecule has 0 amide bonds. The van der Waals surface area contributed by atoms with E-state index in [4.69, 9.17) is 10.00 Å². The van der Waals surface area contributed by atoms with Crippen molar-refractivity contribution in [2.45, 2.75) is 0 Å². The molecule has 31 heavy (non-hydrogen) atoms. The number of nitrogens with zero attached hydrogens (tertiary/aromatic N) is 4. The van der Waals surface area contributed by atoms with Crippen molar-refractivity contribution >= 4 is 94.0 Å². The Kier molecular flexibility index (Phi) is 7.42. The van der Waals surface area contributed by atoms with E-state index in [0.29, 0.717) is 25.5 Å². The first-order valence-corrected chi connectivity index (χ1v) is 9.76. The van der Waals surface area contributed by atoms with Crippen molar-refractivity contribution in [3.05, 3.63) is 82.2 Å². The molecule has 0 aliphatic heterocycles. The fraction of sp³-hybridized carbons (Fsp3) is 0. The van der Waals surface area contributed by atoms with Crippen LogP contribution in [0.15, 0.2) is 59.7 Å². The number of H-pyrrole nitrogens is 2. The molecular formula is C18H8Br2KN6O4. The van der Waals surface area contributed by atoms with Crippen molar-refractivity contribution in [3.8, 4) is 23.4 Å². The van der Waals surface area contributed by atoms with Crippen LogP contribution < -0.4 is 21.5 Å². The maximum atomic E-state index is 12.1. The zero-order valence-electron chi connectivity index (χ0n) is 15.6. The van der Waals surface area contributed by atoms with Gasteiger partial charge in [-0.2, -0.15) is 9.94 Å². The largest absolute Gasteiger partial charge is 0.435 e. The molecule has 0 bridgehead atoms. The summed E-state index contributed by atoms with van der Waals surface area (Å²) in [6, 6.07) is 11.5. The average molecular weight is 571 g/mol. The summed E-state index contributed by atoms with van der Waals surface area (Å²) >= 11 is 6.74. The fourth-order valence-corrected chi connectivity index (χ4v) is 4.00. The second-order valence-electron chi connectivity index (χ2n) is 5.88. The van der Waals surface area contributed by atoms with E-state index in [1.54, 1.807) is 30.3 Å². The summed E-state index contributed by atoms with van der Waals surface area (Å²) in [7, 11) is 0. The summed E-state index contributed by atoms with van der Waals surface area (Å²) in [5.41, 5.74) is -2.21. The van der Waals surface area contributed by atoms with Gasteiger partial charge in [-0.25, -0.2) is 9.89 Å². The molecule has 0 saturated heterocycles. The molecule has 13 heteroatoms. The van der Waals surface area contributed by atoms with Crippen LogP contribution in [0.25, 0.3) is 16.5 Å². The van der Waals surface area contributed by atoms with Gasteiger partial charge in [-0.05, 0) is 56.1 Å². The van der Waals surface area contributed by atoms with Gasteiger partial charge < -0.3 is 4.74 Å². The first kappa shape index (κ1) is 23.7. The van der Waals surface area contributed by atoms with Crippen molar-refractivity contribution in [1.82, 2.24) is 25.0 Å². The minimum absolute atomic E-state index is 0. The number of halogens is 2. The number of aromatic amines is 2. The summed E-state index contributed by atoms with van der Waals surface area (Å²) < 4.78 is 7.62. The summed E-state index contributed by atoms with van der Waals surface area (Å²) in [6.07, 6.45) is 0.